The van der Waals surface area contributed by atoms with Gasteiger partial charge in [-0.15, -0.1) is 0 Å². The van der Waals surface area contributed by atoms with Crippen LogP contribution in [0.1, 0.15) is 63.6 Å². The maximum absolute atomic E-state index is 11.8. The highest BCUT2D eigenvalue weighted by molar-refractivity contribution is 14.1. The minimum atomic E-state index is -0.480. The van der Waals surface area contributed by atoms with Gasteiger partial charge in [-0.3, -0.25) is 28.7 Å². The first kappa shape index (κ1) is 39.8. The number of aryl methyl sites for hydroxylation is 2. The average Bonchev–Trinajstić information content (AvgIpc) is 3.60. The topological polar surface area (TPSA) is 200 Å². The molecule has 2 fully saturated rings. The predicted octanol–water partition coefficient (Wildman–Crippen LogP) is 2.01. The van der Waals surface area contributed by atoms with Crippen molar-refractivity contribution in [2.75, 3.05) is 26.9 Å². The van der Waals surface area contributed by atoms with Crippen LogP contribution < -0.4 is 22.5 Å². The molecule has 248 valence electrons. The molecule has 44 heavy (non-hydrogen) atoms. The number of nitriles is 1. The van der Waals surface area contributed by atoms with Crippen LogP contribution in [-0.4, -0.2) is 69.5 Å². The number of nitrogens with zero attached hydrogens (tertiary/aromatic N) is 3. The molecule has 0 aromatic carbocycles. The molecule has 2 saturated heterocycles. The fourth-order valence-corrected chi connectivity index (χ4v) is 4.77. The van der Waals surface area contributed by atoms with Gasteiger partial charge in [0.05, 0.1) is 44.5 Å². The monoisotopic (exact) mass is 755 g/mol. The van der Waals surface area contributed by atoms with E-state index in [1.165, 1.54) is 21.5 Å². The summed E-state index contributed by atoms with van der Waals surface area (Å²) in [4.78, 5) is 50.5. The number of rotatable bonds is 8. The molecular formula is C27H43IN5O10P. The summed E-state index contributed by atoms with van der Waals surface area (Å²) in [6, 6.07) is 1.93. The van der Waals surface area contributed by atoms with Gasteiger partial charge in [-0.25, -0.2) is 9.59 Å². The SMILES string of the molecule is CC.COC1CC(n2cc(C)c(=O)[nH]c2=O)OC1COI.Cc1cn(C2CC(C)C(CO)O2)c(=O)[nH]c1=O.N#CCCOP. The minimum Gasteiger partial charge on any atom is -0.394 e. The van der Waals surface area contributed by atoms with Gasteiger partial charge in [-0.2, -0.15) is 5.26 Å². The number of hydrogen-bond acceptors (Lipinski definition) is 11. The van der Waals surface area contributed by atoms with E-state index in [1.54, 1.807) is 44.0 Å². The van der Waals surface area contributed by atoms with E-state index in [0.717, 1.165) is 0 Å². The van der Waals surface area contributed by atoms with Crippen LogP contribution in [0, 0.1) is 31.1 Å². The van der Waals surface area contributed by atoms with Crippen molar-refractivity contribution >= 4 is 32.5 Å². The minimum absolute atomic E-state index is 0.0608. The third-order valence-corrected chi connectivity index (χ3v) is 7.27. The van der Waals surface area contributed by atoms with Crippen molar-refractivity contribution in [1.82, 2.24) is 19.1 Å². The van der Waals surface area contributed by atoms with E-state index in [2.05, 4.69) is 24.0 Å². The van der Waals surface area contributed by atoms with E-state index in [-0.39, 0.29) is 42.0 Å². The molecule has 2 aromatic rings. The van der Waals surface area contributed by atoms with Crippen LogP contribution in [0.4, 0.5) is 0 Å². The highest BCUT2D eigenvalue weighted by Crippen LogP contribution is 2.32. The highest BCUT2D eigenvalue weighted by atomic mass is 127. The van der Waals surface area contributed by atoms with Crippen molar-refractivity contribution in [1.29, 1.82) is 5.26 Å². The molecule has 0 aliphatic carbocycles. The van der Waals surface area contributed by atoms with Gasteiger partial charge >= 0.3 is 11.4 Å². The predicted molar refractivity (Wildman–Crippen MR) is 173 cm³/mol. The summed E-state index contributed by atoms with van der Waals surface area (Å²) in [6.07, 6.45) is 3.18. The van der Waals surface area contributed by atoms with Crippen LogP contribution >= 0.6 is 32.5 Å². The smallest absolute Gasteiger partial charge is 0.330 e. The second-order valence-corrected chi connectivity index (χ2v) is 10.6. The molecule has 2 aromatic heterocycles. The third-order valence-electron chi connectivity index (χ3n) is 6.67. The molecule has 2 aliphatic heterocycles. The van der Waals surface area contributed by atoms with Gasteiger partial charge in [0.1, 0.15) is 41.6 Å². The molecule has 7 atom stereocenters. The molecule has 0 amide bonds. The number of aliphatic hydroxyl groups is 1. The molecule has 4 rings (SSSR count). The van der Waals surface area contributed by atoms with Crippen LogP contribution in [-0.2, 0) is 21.8 Å². The van der Waals surface area contributed by atoms with Crippen molar-refractivity contribution in [3.63, 3.8) is 0 Å². The van der Waals surface area contributed by atoms with Crippen molar-refractivity contribution in [2.24, 2.45) is 5.92 Å². The number of H-pyrrole nitrogens is 2. The average molecular weight is 756 g/mol. The summed E-state index contributed by atoms with van der Waals surface area (Å²) in [7, 11) is 3.67. The lowest BCUT2D eigenvalue weighted by molar-refractivity contribution is -0.0428. The quantitative estimate of drug-likeness (QED) is 0.202. The Morgan fingerprint density at radius 2 is 1.52 bits per heavy atom. The molecule has 0 radical (unpaired) electrons. The van der Waals surface area contributed by atoms with Crippen molar-refractivity contribution in [3.05, 3.63) is 65.2 Å². The van der Waals surface area contributed by atoms with Gasteiger partial charge in [0, 0.05) is 46.5 Å². The summed E-state index contributed by atoms with van der Waals surface area (Å²) in [5, 5.41) is 17.0. The Bertz CT molecular complexity index is 1420. The molecule has 0 spiro atoms. The Hall–Kier alpha value is -2.23. The Morgan fingerprint density at radius 1 is 1.02 bits per heavy atom. The van der Waals surface area contributed by atoms with Gasteiger partial charge in [-0.1, -0.05) is 20.8 Å². The van der Waals surface area contributed by atoms with Gasteiger partial charge < -0.3 is 26.9 Å². The first-order valence-electron chi connectivity index (χ1n) is 14.0. The number of aliphatic hydroxyl groups excluding tert-OH is 1. The van der Waals surface area contributed by atoms with Crippen LogP contribution in [0.3, 0.4) is 0 Å². The van der Waals surface area contributed by atoms with Crippen LogP contribution in [0.15, 0.2) is 31.6 Å². The number of ether oxygens (including phenoxy) is 3. The number of halogens is 1. The zero-order valence-electron chi connectivity index (χ0n) is 25.8. The Balaban J connectivity index is 0.000000357. The first-order chi connectivity index (χ1) is 21.0. The first-order valence-corrected chi connectivity index (χ1v) is 15.4. The van der Waals surface area contributed by atoms with Crippen molar-refractivity contribution in [3.8, 4) is 6.07 Å². The number of aromatic amines is 2. The Kier molecular flexibility index (Phi) is 18.8. The number of aromatic nitrogens is 4. The lowest BCUT2D eigenvalue weighted by Gasteiger charge is -2.15. The molecule has 3 N–H and O–H groups in total. The molecule has 2 aliphatic rings. The van der Waals surface area contributed by atoms with Crippen LogP contribution in [0.25, 0.3) is 0 Å². The Labute approximate surface area is 271 Å². The molecule has 17 heteroatoms. The van der Waals surface area contributed by atoms with Gasteiger partial charge in [0.15, 0.2) is 0 Å². The van der Waals surface area contributed by atoms with E-state index in [9.17, 15) is 19.2 Å². The number of nitrogens with one attached hydrogen (secondary N) is 2. The molecule has 15 nitrogen and oxygen atoms in total. The summed E-state index contributed by atoms with van der Waals surface area (Å²) in [6.45, 7) is 10.1. The lowest BCUT2D eigenvalue weighted by atomic mass is 10.0. The molecule has 4 heterocycles. The molecular weight excluding hydrogens is 712 g/mol. The van der Waals surface area contributed by atoms with E-state index < -0.39 is 23.8 Å². The van der Waals surface area contributed by atoms with E-state index in [0.29, 0.717) is 43.6 Å². The second-order valence-electron chi connectivity index (χ2n) is 9.68. The maximum Gasteiger partial charge on any atom is 0.330 e. The summed E-state index contributed by atoms with van der Waals surface area (Å²) in [5.74, 6) is 0.184. The molecule has 7 unspecified atom stereocenters. The fourth-order valence-electron chi connectivity index (χ4n) is 4.30. The van der Waals surface area contributed by atoms with E-state index in [4.69, 9.17) is 27.6 Å². The normalized spacial score (nSPS) is 23.7. The zero-order chi connectivity index (χ0) is 33.4. The summed E-state index contributed by atoms with van der Waals surface area (Å²) < 4.78 is 28.9. The zero-order valence-corrected chi connectivity index (χ0v) is 29.1. The second kappa shape index (κ2) is 20.7. The Morgan fingerprint density at radius 3 is 1.91 bits per heavy atom. The van der Waals surface area contributed by atoms with Gasteiger partial charge in [-0.05, 0) is 26.2 Å². The summed E-state index contributed by atoms with van der Waals surface area (Å²) >= 11 is 1.79. The van der Waals surface area contributed by atoms with Crippen molar-refractivity contribution in [2.45, 2.75) is 84.6 Å². The standard InChI is InChI=1S/C11H15IN2O5.C11H16N2O4.C3H6NOP.C2H6/c1-6-4-14(11(16)13-10(6)15)9-3-7(17-2)8(19-9)5-18-12;1-6-3-9(17-8(6)5-14)13-4-7(2)10(15)12-11(13)16;4-2-1-3-5-6;1-2/h4,7-9H,3,5H2,1-2H3,(H,13,15,16);4,6,8-9,14H,3,5H2,1-2H3,(H,12,15,16);1,3,6H2;1-2H3. The fraction of sp³-hybridized carbons (Fsp3) is 0.667. The van der Waals surface area contributed by atoms with Crippen LogP contribution in [0.5, 0.6) is 0 Å². The van der Waals surface area contributed by atoms with E-state index >= 15 is 0 Å². The highest BCUT2D eigenvalue weighted by Gasteiger charge is 2.37. The van der Waals surface area contributed by atoms with E-state index in [1.807, 2.05) is 26.8 Å². The van der Waals surface area contributed by atoms with Crippen LogP contribution in [0.2, 0.25) is 0 Å². The third kappa shape index (κ3) is 11.6. The largest absolute Gasteiger partial charge is 0.394 e. The molecule has 0 bridgehead atoms. The van der Waals surface area contributed by atoms with Gasteiger partial charge in [0.25, 0.3) is 11.1 Å². The lowest BCUT2D eigenvalue weighted by Crippen LogP contribution is -2.33. The molecule has 0 saturated carbocycles. The summed E-state index contributed by atoms with van der Waals surface area (Å²) in [5.41, 5.74) is -0.785. The van der Waals surface area contributed by atoms with Gasteiger partial charge in [0.2, 0.25) is 0 Å². The van der Waals surface area contributed by atoms with Crippen molar-refractivity contribution < 1.29 is 26.9 Å². The maximum atomic E-state index is 11.8. The number of methoxy groups -OCH3 is 1. The number of hydrogen-bond donors (Lipinski definition) is 3.